The van der Waals surface area contributed by atoms with Crippen molar-refractivity contribution in [3.8, 4) is 23.0 Å². The van der Waals surface area contributed by atoms with Crippen LogP contribution in [0.1, 0.15) is 96.7 Å². The number of hydrogen-bond acceptors (Lipinski definition) is 8. The number of ether oxygens (including phenoxy) is 4. The number of phenolic OH excluding ortho intramolecular Hbond substituents is 1. The van der Waals surface area contributed by atoms with Crippen molar-refractivity contribution in [2.75, 3.05) is 13.2 Å². The molecule has 0 fully saturated rings. The molecule has 1 aliphatic rings. The molecule has 4 rings (SSSR count). The molecular weight excluding hydrogens is 548 g/mol. The van der Waals surface area contributed by atoms with E-state index in [-0.39, 0.29) is 29.8 Å². The lowest BCUT2D eigenvalue weighted by atomic mass is 9.96. The number of hydrogen-bond donors (Lipinski definition) is 1. The first-order valence-electron chi connectivity index (χ1n) is 14.8. The molecule has 0 saturated carbocycles. The summed E-state index contributed by atoms with van der Waals surface area (Å²) in [5.41, 5.74) is 3.19. The Morgan fingerprint density at radius 3 is 2.21 bits per heavy atom. The molecule has 1 atom stereocenters. The Morgan fingerprint density at radius 1 is 0.884 bits per heavy atom. The fourth-order valence-electron chi connectivity index (χ4n) is 5.09. The van der Waals surface area contributed by atoms with Crippen molar-refractivity contribution in [1.82, 2.24) is 0 Å². The van der Waals surface area contributed by atoms with Crippen LogP contribution in [0.3, 0.4) is 0 Å². The first-order valence-corrected chi connectivity index (χ1v) is 14.8. The molecule has 1 N–H and O–H groups in total. The van der Waals surface area contributed by atoms with E-state index in [2.05, 4.69) is 0 Å². The number of fused-ring (bicyclic) bond motifs is 1. The van der Waals surface area contributed by atoms with E-state index in [4.69, 9.17) is 18.9 Å². The molecule has 1 aliphatic heterocycles. The van der Waals surface area contributed by atoms with Crippen molar-refractivity contribution in [3.05, 3.63) is 82.4 Å². The molecule has 3 aromatic carbocycles. The number of unbranched alkanes of at least 4 members (excludes halogenated alkanes) is 2. The lowest BCUT2D eigenvalue weighted by Crippen LogP contribution is -2.33. The maximum Gasteiger partial charge on any atom is 0.347 e. The van der Waals surface area contributed by atoms with E-state index >= 15 is 0 Å². The Labute approximate surface area is 252 Å². The first-order chi connectivity index (χ1) is 20.7. The predicted molar refractivity (Wildman–Crippen MR) is 162 cm³/mol. The molecule has 0 aliphatic carbocycles. The van der Waals surface area contributed by atoms with Crippen LogP contribution in [0.2, 0.25) is 0 Å². The monoisotopic (exact) mass is 588 g/mol. The minimum Gasteiger partial charge on any atom is -0.507 e. The van der Waals surface area contributed by atoms with Crippen molar-refractivity contribution < 1.29 is 38.4 Å². The Morgan fingerprint density at radius 2 is 1.56 bits per heavy atom. The fraction of sp³-hybridized carbons (Fsp3) is 0.400. The first kappa shape index (κ1) is 31.6. The zero-order valence-electron chi connectivity index (χ0n) is 25.3. The minimum absolute atomic E-state index is 0.00557. The van der Waals surface area contributed by atoms with E-state index in [1.54, 1.807) is 24.3 Å². The number of carbonyl (C=O) groups excluding carboxylic acids is 3. The summed E-state index contributed by atoms with van der Waals surface area (Å²) in [7, 11) is 0. The summed E-state index contributed by atoms with van der Waals surface area (Å²) in [6, 6.07) is 16.3. The summed E-state index contributed by atoms with van der Waals surface area (Å²) >= 11 is 0. The highest BCUT2D eigenvalue weighted by Crippen LogP contribution is 2.38. The van der Waals surface area contributed by atoms with Crippen LogP contribution in [-0.2, 0) is 22.6 Å². The van der Waals surface area contributed by atoms with Gasteiger partial charge in [0.1, 0.15) is 29.6 Å². The molecule has 0 radical (unpaired) electrons. The summed E-state index contributed by atoms with van der Waals surface area (Å²) < 4.78 is 23.4. The average Bonchev–Trinajstić information content (AvgIpc) is 2.98. The van der Waals surface area contributed by atoms with Gasteiger partial charge in [-0.25, -0.2) is 4.79 Å². The SMILES string of the molecule is CC(=O)c1cc2c(cc1OCCCCCOc1ccc(C(C)=O)c(O)c1C(C)C)OC(C(=O)OCc1ccccc1)CC2. The summed E-state index contributed by atoms with van der Waals surface area (Å²) in [5.74, 6) is 0.815. The molecule has 0 bridgehead atoms. The third-order valence-electron chi connectivity index (χ3n) is 7.41. The van der Waals surface area contributed by atoms with Crippen molar-refractivity contribution in [2.24, 2.45) is 0 Å². The summed E-state index contributed by atoms with van der Waals surface area (Å²) in [4.78, 5) is 36.8. The van der Waals surface area contributed by atoms with E-state index in [9.17, 15) is 19.5 Å². The number of carbonyl (C=O) groups is 3. The highest BCUT2D eigenvalue weighted by molar-refractivity contribution is 5.98. The number of aryl methyl sites for hydroxylation is 1. The van der Waals surface area contributed by atoms with Gasteiger partial charge in [0.25, 0.3) is 0 Å². The molecule has 0 amide bonds. The van der Waals surface area contributed by atoms with Crippen LogP contribution in [0.25, 0.3) is 0 Å². The van der Waals surface area contributed by atoms with Crippen LogP contribution < -0.4 is 14.2 Å². The van der Waals surface area contributed by atoms with Gasteiger partial charge in [-0.15, -0.1) is 0 Å². The van der Waals surface area contributed by atoms with Gasteiger partial charge in [0.2, 0.25) is 0 Å². The molecule has 1 unspecified atom stereocenters. The Hall–Kier alpha value is -4.33. The third-order valence-corrected chi connectivity index (χ3v) is 7.41. The highest BCUT2D eigenvalue weighted by atomic mass is 16.6. The van der Waals surface area contributed by atoms with E-state index in [0.29, 0.717) is 60.0 Å². The van der Waals surface area contributed by atoms with Crippen molar-refractivity contribution in [1.29, 1.82) is 0 Å². The maximum atomic E-state index is 12.7. The van der Waals surface area contributed by atoms with Crippen LogP contribution in [0.15, 0.2) is 54.6 Å². The second-order valence-corrected chi connectivity index (χ2v) is 11.1. The lowest BCUT2D eigenvalue weighted by Gasteiger charge is -2.26. The van der Waals surface area contributed by atoms with E-state index in [0.717, 1.165) is 30.4 Å². The number of phenols is 1. The molecule has 3 aromatic rings. The smallest absolute Gasteiger partial charge is 0.347 e. The molecule has 0 saturated heterocycles. The second kappa shape index (κ2) is 14.7. The van der Waals surface area contributed by atoms with Crippen LogP contribution in [-0.4, -0.2) is 42.0 Å². The quantitative estimate of drug-likeness (QED) is 0.122. The van der Waals surface area contributed by atoms with Gasteiger partial charge in [-0.3, -0.25) is 9.59 Å². The fourth-order valence-corrected chi connectivity index (χ4v) is 5.09. The summed E-state index contributed by atoms with van der Waals surface area (Å²) in [6.07, 6.45) is 2.66. The number of esters is 1. The van der Waals surface area contributed by atoms with E-state index in [1.807, 2.05) is 44.2 Å². The topological polar surface area (TPSA) is 108 Å². The molecule has 43 heavy (non-hydrogen) atoms. The number of ketones is 2. The summed E-state index contributed by atoms with van der Waals surface area (Å²) in [6.45, 7) is 7.86. The molecule has 1 heterocycles. The largest absolute Gasteiger partial charge is 0.507 e. The molecule has 8 heteroatoms. The maximum absolute atomic E-state index is 12.7. The lowest BCUT2D eigenvalue weighted by molar-refractivity contribution is -0.154. The van der Waals surface area contributed by atoms with E-state index in [1.165, 1.54) is 13.8 Å². The zero-order valence-corrected chi connectivity index (χ0v) is 25.3. The van der Waals surface area contributed by atoms with Gasteiger partial charge in [-0.1, -0.05) is 44.2 Å². The predicted octanol–water partition coefficient (Wildman–Crippen LogP) is 6.99. The molecule has 0 spiro atoms. The minimum atomic E-state index is -0.718. The van der Waals surface area contributed by atoms with Gasteiger partial charge in [-0.05, 0) is 81.2 Å². The molecular formula is C35H40O8. The van der Waals surface area contributed by atoms with Gasteiger partial charge in [0.15, 0.2) is 17.7 Å². The van der Waals surface area contributed by atoms with Gasteiger partial charge >= 0.3 is 5.97 Å². The second-order valence-electron chi connectivity index (χ2n) is 11.1. The van der Waals surface area contributed by atoms with Gasteiger partial charge in [0, 0.05) is 11.6 Å². The van der Waals surface area contributed by atoms with E-state index < -0.39 is 12.1 Å². The van der Waals surface area contributed by atoms with Gasteiger partial charge in [-0.2, -0.15) is 0 Å². The van der Waals surface area contributed by atoms with Crippen LogP contribution in [0.5, 0.6) is 23.0 Å². The average molecular weight is 589 g/mol. The van der Waals surface area contributed by atoms with Crippen molar-refractivity contribution in [3.63, 3.8) is 0 Å². The highest BCUT2D eigenvalue weighted by Gasteiger charge is 2.29. The van der Waals surface area contributed by atoms with Crippen molar-refractivity contribution >= 4 is 17.5 Å². The summed E-state index contributed by atoms with van der Waals surface area (Å²) in [5, 5.41) is 10.6. The number of Topliss-reactive ketones (excluding diaryl/α,β-unsaturated/α-hetero) is 2. The normalized spacial score (nSPS) is 14.0. The van der Waals surface area contributed by atoms with Gasteiger partial charge in [0.05, 0.1) is 24.3 Å². The van der Waals surface area contributed by atoms with Crippen LogP contribution in [0.4, 0.5) is 0 Å². The third kappa shape index (κ3) is 8.15. The molecule has 0 aromatic heterocycles. The Kier molecular flexibility index (Phi) is 10.8. The standard InChI is InChI=1S/C35H40O8/c1-22(2)33-29(16-14-27(23(3)36)34(33)38)40-17-9-6-10-18-41-32-20-31-26(19-28(32)24(4)37)13-15-30(43-31)35(39)42-21-25-11-7-5-8-12-25/h5,7-8,11-12,14,16,19-20,22,30,38H,6,9-10,13,15,17-18,21H2,1-4H3. The number of rotatable bonds is 14. The molecule has 228 valence electrons. The number of aromatic hydroxyl groups is 1. The molecule has 8 nitrogen and oxygen atoms in total. The van der Waals surface area contributed by atoms with Crippen molar-refractivity contribution in [2.45, 2.75) is 78.4 Å². The Balaban J connectivity index is 1.28. The van der Waals surface area contributed by atoms with Gasteiger partial charge < -0.3 is 24.1 Å². The number of benzene rings is 3. The van der Waals surface area contributed by atoms with Crippen LogP contribution in [0, 0.1) is 0 Å². The van der Waals surface area contributed by atoms with Crippen LogP contribution >= 0.6 is 0 Å². The Bertz CT molecular complexity index is 1440. The zero-order chi connectivity index (χ0) is 30.9.